The zero-order chi connectivity index (χ0) is 7.56. The molecule has 1 rings (SSSR count). The molecule has 1 aromatic rings. The average Bonchev–Trinajstić information content (AvgIpc) is 1.88. The second kappa shape index (κ2) is 2.92. The van der Waals surface area contributed by atoms with Crippen molar-refractivity contribution in [2.24, 2.45) is 0 Å². The Balaban J connectivity index is 3.17. The number of rotatable bonds is 1. The van der Waals surface area contributed by atoms with Gasteiger partial charge in [-0.15, -0.1) is 11.8 Å². The van der Waals surface area contributed by atoms with Gasteiger partial charge in [-0.25, -0.2) is 4.39 Å². The van der Waals surface area contributed by atoms with E-state index in [1.807, 2.05) is 0 Å². The summed E-state index contributed by atoms with van der Waals surface area (Å²) in [7, 11) is 0. The van der Waals surface area contributed by atoms with Crippen LogP contribution >= 0.6 is 11.8 Å². The van der Waals surface area contributed by atoms with E-state index in [1.54, 1.807) is 6.26 Å². The molecular weight excluding hydrogens is 151 g/mol. The lowest BCUT2D eigenvalue weighted by Gasteiger charge is -1.99. The van der Waals surface area contributed by atoms with E-state index in [2.05, 4.69) is 0 Å². The van der Waals surface area contributed by atoms with Crippen LogP contribution in [0.1, 0.15) is 0 Å². The van der Waals surface area contributed by atoms with Crippen LogP contribution in [0, 0.1) is 5.82 Å². The van der Waals surface area contributed by atoms with Crippen LogP contribution in [0.4, 0.5) is 4.39 Å². The van der Waals surface area contributed by atoms with E-state index in [1.165, 1.54) is 30.0 Å². The fourth-order valence-electron chi connectivity index (χ4n) is 0.700. The molecule has 0 saturated heterocycles. The zero-order valence-corrected chi connectivity index (χ0v) is 6.28. The summed E-state index contributed by atoms with van der Waals surface area (Å²) < 4.78 is 12.7. The molecule has 0 aliphatic carbocycles. The maximum atomic E-state index is 12.7. The Labute approximate surface area is 62.9 Å². The largest absolute Gasteiger partial charge is 0.507 e. The van der Waals surface area contributed by atoms with E-state index < -0.39 is 0 Å². The second-order valence-corrected chi connectivity index (χ2v) is 2.61. The first kappa shape index (κ1) is 7.41. The van der Waals surface area contributed by atoms with Gasteiger partial charge in [0, 0.05) is 0 Å². The third-order valence-electron chi connectivity index (χ3n) is 1.15. The van der Waals surface area contributed by atoms with Crippen LogP contribution < -0.4 is 0 Å². The number of phenols is 1. The van der Waals surface area contributed by atoms with Crippen molar-refractivity contribution in [3.8, 4) is 5.75 Å². The highest BCUT2D eigenvalue weighted by molar-refractivity contribution is 7.98. The summed E-state index contributed by atoms with van der Waals surface area (Å²) in [6, 6.07) is 4.27. The summed E-state index contributed by atoms with van der Waals surface area (Å²) in [6.07, 6.45) is 1.72. The first-order valence-electron chi connectivity index (χ1n) is 2.77. The van der Waals surface area contributed by atoms with Crippen LogP contribution in [0.15, 0.2) is 23.1 Å². The molecule has 0 amide bonds. The van der Waals surface area contributed by atoms with Crippen molar-refractivity contribution in [1.82, 2.24) is 0 Å². The van der Waals surface area contributed by atoms with Gasteiger partial charge in [-0.2, -0.15) is 0 Å². The molecule has 0 saturated carbocycles. The van der Waals surface area contributed by atoms with Crippen LogP contribution in [0.5, 0.6) is 5.75 Å². The van der Waals surface area contributed by atoms with Gasteiger partial charge < -0.3 is 5.11 Å². The Morgan fingerprint density at radius 3 is 2.60 bits per heavy atom. The lowest BCUT2D eigenvalue weighted by molar-refractivity contribution is 0.450. The smallest absolute Gasteiger partial charge is 0.140 e. The summed E-state index contributed by atoms with van der Waals surface area (Å²) in [4.78, 5) is 0.308. The van der Waals surface area contributed by atoms with Gasteiger partial charge in [-0.3, -0.25) is 0 Å². The lowest BCUT2D eigenvalue weighted by atomic mass is 10.3. The molecule has 54 valence electrons. The molecule has 1 aromatic carbocycles. The molecule has 0 spiro atoms. The van der Waals surface area contributed by atoms with Crippen molar-refractivity contribution in [2.75, 3.05) is 6.26 Å². The summed E-state index contributed by atoms with van der Waals surface area (Å²) in [5.74, 6) is -0.361. The molecule has 1 N–H and O–H groups in total. The van der Waals surface area contributed by atoms with E-state index in [4.69, 9.17) is 5.11 Å². The normalized spacial score (nSPS) is 9.80. The number of benzene rings is 1. The van der Waals surface area contributed by atoms with Crippen molar-refractivity contribution in [1.29, 1.82) is 0 Å². The molecule has 0 heterocycles. The Morgan fingerprint density at radius 1 is 1.50 bits per heavy atom. The molecule has 0 aliphatic rings. The molecule has 0 fully saturated rings. The van der Waals surface area contributed by atoms with Gasteiger partial charge in [0.1, 0.15) is 11.6 Å². The van der Waals surface area contributed by atoms with E-state index in [9.17, 15) is 4.39 Å². The van der Waals surface area contributed by atoms with Gasteiger partial charge in [-0.05, 0) is 18.4 Å². The summed E-state index contributed by atoms with van der Waals surface area (Å²) >= 11 is 1.20. The maximum absolute atomic E-state index is 12.7. The van der Waals surface area contributed by atoms with Crippen LogP contribution in [0.2, 0.25) is 0 Å². The standard InChI is InChI=1S/C7H7FOS/c1-10-7-5(8)3-2-4-6(7)9/h2-4,9H,1H3. The molecule has 10 heavy (non-hydrogen) atoms. The Morgan fingerprint density at radius 2 is 2.20 bits per heavy atom. The Bertz CT molecular complexity index is 217. The van der Waals surface area contributed by atoms with Crippen LogP contribution in [-0.4, -0.2) is 11.4 Å². The third kappa shape index (κ3) is 1.24. The molecule has 0 aliphatic heterocycles. The molecule has 0 atom stereocenters. The molecule has 0 radical (unpaired) electrons. The monoisotopic (exact) mass is 158 g/mol. The van der Waals surface area contributed by atoms with Gasteiger partial charge >= 0.3 is 0 Å². The Kier molecular flexibility index (Phi) is 2.17. The number of hydrogen-bond acceptors (Lipinski definition) is 2. The predicted octanol–water partition coefficient (Wildman–Crippen LogP) is 2.25. The van der Waals surface area contributed by atoms with Crippen molar-refractivity contribution in [3.05, 3.63) is 24.0 Å². The second-order valence-electron chi connectivity index (χ2n) is 1.79. The number of thioether (sulfide) groups is 1. The fourth-order valence-corrected chi connectivity index (χ4v) is 1.24. The summed E-state index contributed by atoms with van der Waals surface area (Å²) in [5.41, 5.74) is 0. The zero-order valence-electron chi connectivity index (χ0n) is 5.47. The number of hydrogen-bond donors (Lipinski definition) is 1. The highest BCUT2D eigenvalue weighted by Crippen LogP contribution is 2.28. The van der Waals surface area contributed by atoms with Crippen molar-refractivity contribution >= 4 is 11.8 Å². The maximum Gasteiger partial charge on any atom is 0.140 e. The Hall–Kier alpha value is -0.700. The van der Waals surface area contributed by atoms with Crippen LogP contribution in [0.25, 0.3) is 0 Å². The molecule has 0 bridgehead atoms. The number of phenolic OH excluding ortho intramolecular Hbond substituents is 1. The third-order valence-corrected chi connectivity index (χ3v) is 1.96. The minimum atomic E-state index is -0.368. The van der Waals surface area contributed by atoms with Crippen molar-refractivity contribution in [3.63, 3.8) is 0 Å². The SMILES string of the molecule is CSc1c(O)cccc1F. The molecule has 3 heteroatoms. The van der Waals surface area contributed by atoms with Crippen molar-refractivity contribution < 1.29 is 9.50 Å². The van der Waals surface area contributed by atoms with Crippen LogP contribution in [-0.2, 0) is 0 Å². The topological polar surface area (TPSA) is 20.2 Å². The average molecular weight is 158 g/mol. The molecular formula is C7H7FOS. The highest BCUT2D eigenvalue weighted by Gasteiger charge is 2.03. The number of aromatic hydroxyl groups is 1. The van der Waals surface area contributed by atoms with E-state index >= 15 is 0 Å². The molecule has 0 unspecified atom stereocenters. The van der Waals surface area contributed by atoms with Gasteiger partial charge in [0.2, 0.25) is 0 Å². The quantitative estimate of drug-likeness (QED) is 0.632. The number of halogens is 1. The minimum Gasteiger partial charge on any atom is -0.507 e. The van der Waals surface area contributed by atoms with E-state index in [-0.39, 0.29) is 11.6 Å². The predicted molar refractivity (Wildman–Crippen MR) is 39.8 cm³/mol. The lowest BCUT2D eigenvalue weighted by Crippen LogP contribution is -1.78. The van der Waals surface area contributed by atoms with E-state index in [0.717, 1.165) is 0 Å². The highest BCUT2D eigenvalue weighted by atomic mass is 32.2. The van der Waals surface area contributed by atoms with Crippen LogP contribution in [0.3, 0.4) is 0 Å². The first-order chi connectivity index (χ1) is 4.75. The van der Waals surface area contributed by atoms with E-state index in [0.29, 0.717) is 4.90 Å². The van der Waals surface area contributed by atoms with Crippen molar-refractivity contribution in [2.45, 2.75) is 4.90 Å². The van der Waals surface area contributed by atoms with Gasteiger partial charge in [0.25, 0.3) is 0 Å². The van der Waals surface area contributed by atoms with Gasteiger partial charge in [-0.1, -0.05) is 6.07 Å². The summed E-state index contributed by atoms with van der Waals surface area (Å²) in [6.45, 7) is 0. The molecule has 0 aromatic heterocycles. The fraction of sp³-hybridized carbons (Fsp3) is 0.143. The minimum absolute atomic E-state index is 0.00694. The summed E-state index contributed by atoms with van der Waals surface area (Å²) in [5, 5.41) is 9.03. The molecule has 1 nitrogen and oxygen atoms in total. The van der Waals surface area contributed by atoms with Gasteiger partial charge in [0.05, 0.1) is 4.90 Å². The van der Waals surface area contributed by atoms with Gasteiger partial charge in [0.15, 0.2) is 0 Å². The first-order valence-corrected chi connectivity index (χ1v) is 3.99.